The van der Waals surface area contributed by atoms with Gasteiger partial charge in [0.05, 0.1) is 11.6 Å². The van der Waals surface area contributed by atoms with Crippen LogP contribution in [0.5, 0.6) is 0 Å². The van der Waals surface area contributed by atoms with Gasteiger partial charge in [0.25, 0.3) is 11.1 Å². The van der Waals surface area contributed by atoms with Crippen LogP contribution in [-0.4, -0.2) is 22.7 Å². The predicted molar refractivity (Wildman–Crippen MR) is 113 cm³/mol. The second-order valence-electron chi connectivity index (χ2n) is 6.68. The number of thioether (sulfide) groups is 1. The molecule has 0 radical (unpaired) electrons. The Labute approximate surface area is 168 Å². The van der Waals surface area contributed by atoms with E-state index in [1.807, 2.05) is 43.3 Å². The first kappa shape index (κ1) is 19.5. The van der Waals surface area contributed by atoms with E-state index in [4.69, 9.17) is 11.6 Å². The van der Waals surface area contributed by atoms with Crippen molar-refractivity contribution in [2.45, 2.75) is 26.7 Å². The molecule has 0 atom stereocenters. The van der Waals surface area contributed by atoms with E-state index in [2.05, 4.69) is 19.2 Å². The number of amides is 2. The summed E-state index contributed by atoms with van der Waals surface area (Å²) in [5.41, 5.74) is 3.83. The molecule has 3 rings (SSSR count). The van der Waals surface area contributed by atoms with Gasteiger partial charge in [0.1, 0.15) is 0 Å². The highest BCUT2D eigenvalue weighted by Gasteiger charge is 2.34. The van der Waals surface area contributed by atoms with Gasteiger partial charge in [0, 0.05) is 10.7 Å². The Balaban J connectivity index is 1.71. The van der Waals surface area contributed by atoms with Crippen LogP contribution >= 0.6 is 23.4 Å². The summed E-state index contributed by atoms with van der Waals surface area (Å²) in [4.78, 5) is 26.5. The Morgan fingerprint density at radius 1 is 1.15 bits per heavy atom. The van der Waals surface area contributed by atoms with Crippen LogP contribution in [0.3, 0.4) is 0 Å². The van der Waals surface area contributed by atoms with E-state index in [1.165, 1.54) is 10.5 Å². The van der Waals surface area contributed by atoms with Gasteiger partial charge in [0.15, 0.2) is 0 Å². The van der Waals surface area contributed by atoms with Crippen molar-refractivity contribution < 1.29 is 9.59 Å². The van der Waals surface area contributed by atoms with Crippen LogP contribution in [-0.2, 0) is 4.79 Å². The fraction of sp³-hybridized carbons (Fsp3) is 0.238. The van der Waals surface area contributed by atoms with Crippen molar-refractivity contribution in [2.75, 3.05) is 12.0 Å². The summed E-state index contributed by atoms with van der Waals surface area (Å²) in [7, 11) is 0. The average Bonchev–Trinajstić information content (AvgIpc) is 2.90. The van der Waals surface area contributed by atoms with Crippen molar-refractivity contribution in [1.82, 2.24) is 4.90 Å². The molecule has 0 saturated carbocycles. The summed E-state index contributed by atoms with van der Waals surface area (Å²) >= 11 is 7.07. The molecular formula is C21H21ClN2O2S. The molecule has 0 unspecified atom stereocenters. The third kappa shape index (κ3) is 4.37. The molecule has 1 aliphatic heterocycles. The molecule has 2 amide bonds. The van der Waals surface area contributed by atoms with E-state index in [0.29, 0.717) is 15.8 Å². The van der Waals surface area contributed by atoms with Gasteiger partial charge in [-0.15, -0.1) is 0 Å². The first-order valence-corrected chi connectivity index (χ1v) is 9.90. The molecule has 27 heavy (non-hydrogen) atoms. The molecule has 4 nitrogen and oxygen atoms in total. The summed E-state index contributed by atoms with van der Waals surface area (Å²) in [6.07, 6.45) is 1.76. The minimum Gasteiger partial charge on any atom is -0.367 e. The Bertz CT molecular complexity index is 907. The highest BCUT2D eigenvalue weighted by Crippen LogP contribution is 2.32. The van der Waals surface area contributed by atoms with Gasteiger partial charge in [-0.05, 0) is 59.5 Å². The van der Waals surface area contributed by atoms with Crippen LogP contribution in [0.25, 0.3) is 6.08 Å². The van der Waals surface area contributed by atoms with Crippen LogP contribution in [0.1, 0.15) is 36.5 Å². The molecule has 6 heteroatoms. The molecule has 0 aromatic heterocycles. The molecule has 1 N–H and O–H groups in total. The van der Waals surface area contributed by atoms with Gasteiger partial charge in [-0.25, -0.2) is 0 Å². The van der Waals surface area contributed by atoms with E-state index in [0.717, 1.165) is 28.6 Å². The van der Waals surface area contributed by atoms with Crippen LogP contribution in [0.15, 0.2) is 47.4 Å². The summed E-state index contributed by atoms with van der Waals surface area (Å²) in [6.45, 7) is 6.26. The lowest BCUT2D eigenvalue weighted by Gasteiger charge is -2.16. The second-order valence-corrected chi connectivity index (χ2v) is 8.08. The first-order chi connectivity index (χ1) is 12.9. The van der Waals surface area contributed by atoms with Gasteiger partial charge >= 0.3 is 0 Å². The highest BCUT2D eigenvalue weighted by atomic mass is 35.5. The zero-order chi connectivity index (χ0) is 19.6. The molecule has 140 valence electrons. The minimum absolute atomic E-state index is 0.107. The molecule has 1 aliphatic rings. The molecule has 1 fully saturated rings. The first-order valence-electron chi connectivity index (χ1n) is 8.71. The zero-order valence-electron chi connectivity index (χ0n) is 15.5. The fourth-order valence-corrected chi connectivity index (χ4v) is 3.74. The Hall–Kier alpha value is -2.24. The number of hydrogen-bond donors (Lipinski definition) is 1. The van der Waals surface area contributed by atoms with Gasteiger partial charge < -0.3 is 5.32 Å². The van der Waals surface area contributed by atoms with E-state index in [-0.39, 0.29) is 17.8 Å². The normalized spacial score (nSPS) is 15.9. The number of nitrogens with one attached hydrogen (secondary N) is 1. The molecule has 2 aromatic rings. The van der Waals surface area contributed by atoms with Gasteiger partial charge in [0.2, 0.25) is 0 Å². The quantitative estimate of drug-likeness (QED) is 0.637. The van der Waals surface area contributed by atoms with Crippen molar-refractivity contribution in [3.63, 3.8) is 0 Å². The molecular weight excluding hydrogens is 380 g/mol. The summed E-state index contributed by atoms with van der Waals surface area (Å²) in [5.74, 6) is 0.164. The maximum atomic E-state index is 12.6. The van der Waals surface area contributed by atoms with Gasteiger partial charge in [-0.2, -0.15) is 0 Å². The van der Waals surface area contributed by atoms with Crippen LogP contribution in [0.4, 0.5) is 10.5 Å². The average molecular weight is 401 g/mol. The molecule has 1 heterocycles. The van der Waals surface area contributed by atoms with E-state index >= 15 is 0 Å². The number of hydrogen-bond acceptors (Lipinski definition) is 4. The van der Waals surface area contributed by atoms with Gasteiger partial charge in [-0.3, -0.25) is 14.5 Å². The zero-order valence-corrected chi connectivity index (χ0v) is 17.0. The number of anilines is 1. The van der Waals surface area contributed by atoms with Crippen molar-refractivity contribution in [3.8, 4) is 0 Å². The highest BCUT2D eigenvalue weighted by molar-refractivity contribution is 8.18. The lowest BCUT2D eigenvalue weighted by Crippen LogP contribution is -2.33. The SMILES string of the molecule is Cc1c(Cl)cccc1NCN1C(=O)SC(=Cc2ccc(C(C)C)cc2)C1=O. The molecule has 0 aliphatic carbocycles. The maximum absolute atomic E-state index is 12.6. The van der Waals surface area contributed by atoms with Crippen LogP contribution in [0, 0.1) is 6.92 Å². The molecule has 2 aromatic carbocycles. The fourth-order valence-electron chi connectivity index (χ4n) is 2.73. The van der Waals surface area contributed by atoms with Gasteiger partial charge in [-0.1, -0.05) is 55.8 Å². The minimum atomic E-state index is -0.287. The monoisotopic (exact) mass is 400 g/mol. The second kappa shape index (κ2) is 8.19. The predicted octanol–water partition coefficient (Wildman–Crippen LogP) is 5.88. The number of rotatable bonds is 5. The van der Waals surface area contributed by atoms with Crippen LogP contribution in [0.2, 0.25) is 5.02 Å². The maximum Gasteiger partial charge on any atom is 0.295 e. The third-order valence-corrected chi connectivity index (χ3v) is 5.79. The van der Waals surface area contributed by atoms with Crippen molar-refractivity contribution >= 4 is 46.3 Å². The van der Waals surface area contributed by atoms with Crippen molar-refractivity contribution in [2.24, 2.45) is 0 Å². The van der Waals surface area contributed by atoms with E-state index in [1.54, 1.807) is 12.1 Å². The Kier molecular flexibility index (Phi) is 5.92. The van der Waals surface area contributed by atoms with E-state index < -0.39 is 0 Å². The smallest absolute Gasteiger partial charge is 0.295 e. The number of carbonyl (C=O) groups excluding carboxylic acids is 2. The Morgan fingerprint density at radius 3 is 2.52 bits per heavy atom. The van der Waals surface area contributed by atoms with Crippen LogP contribution < -0.4 is 5.32 Å². The lowest BCUT2D eigenvalue weighted by molar-refractivity contribution is -0.122. The van der Waals surface area contributed by atoms with Crippen molar-refractivity contribution in [3.05, 3.63) is 69.1 Å². The number of carbonyl (C=O) groups is 2. The molecule has 0 spiro atoms. The standard InChI is InChI=1S/C21H21ClN2O2S/c1-13(2)16-9-7-15(8-10-16)11-19-20(25)24(21(26)27-19)12-23-18-6-4-5-17(22)14(18)3/h4-11,13,23H,12H2,1-3H3. The van der Waals surface area contributed by atoms with E-state index in [9.17, 15) is 9.59 Å². The largest absolute Gasteiger partial charge is 0.367 e. The third-order valence-electron chi connectivity index (χ3n) is 4.47. The Morgan fingerprint density at radius 2 is 1.85 bits per heavy atom. The number of imide groups is 1. The number of benzene rings is 2. The lowest BCUT2D eigenvalue weighted by atomic mass is 10.0. The van der Waals surface area contributed by atoms with Crippen molar-refractivity contribution in [1.29, 1.82) is 0 Å². The molecule has 1 saturated heterocycles. The number of halogens is 1. The molecule has 0 bridgehead atoms. The summed E-state index contributed by atoms with van der Waals surface area (Å²) in [6, 6.07) is 13.5. The summed E-state index contributed by atoms with van der Waals surface area (Å²) < 4.78 is 0. The summed E-state index contributed by atoms with van der Waals surface area (Å²) in [5, 5.41) is 3.48. The topological polar surface area (TPSA) is 49.4 Å². The number of nitrogens with zero attached hydrogens (tertiary/aromatic N) is 1.